The van der Waals surface area contributed by atoms with Gasteiger partial charge in [0.25, 0.3) is 0 Å². The molecule has 0 aromatic heterocycles. The molecule has 3 aliphatic carbocycles. The maximum absolute atomic E-state index is 9.95. The monoisotopic (exact) mass is 400 g/mol. The van der Waals surface area contributed by atoms with Gasteiger partial charge in [-0.15, -0.1) is 5.92 Å². The number of fused-ring (bicyclic) bond motifs is 1. The highest BCUT2D eigenvalue weighted by atomic mass is 16.3. The highest BCUT2D eigenvalue weighted by molar-refractivity contribution is 5.26. The van der Waals surface area contributed by atoms with Gasteiger partial charge in [-0.2, -0.15) is 0 Å². The molecular weight excluding hydrogens is 360 g/mol. The van der Waals surface area contributed by atoms with Gasteiger partial charge in [0.2, 0.25) is 0 Å². The molecule has 0 aliphatic heterocycles. The van der Waals surface area contributed by atoms with E-state index in [4.69, 9.17) is 0 Å². The number of aliphatic hydroxyl groups is 3. The predicted molar refractivity (Wildman–Crippen MR) is 118 cm³/mol. The van der Waals surface area contributed by atoms with Gasteiger partial charge in [-0.25, -0.2) is 0 Å². The summed E-state index contributed by atoms with van der Waals surface area (Å²) in [5.74, 6) is 8.07. The highest BCUT2D eigenvalue weighted by Gasteiger charge is 2.50. The van der Waals surface area contributed by atoms with Crippen LogP contribution in [0, 0.1) is 35.0 Å². The average Bonchev–Trinajstić information content (AvgIpc) is 2.95. The Morgan fingerprint density at radius 3 is 2.52 bits per heavy atom. The minimum absolute atomic E-state index is 0.337. The summed E-state index contributed by atoms with van der Waals surface area (Å²) in [7, 11) is 0. The van der Waals surface area contributed by atoms with Crippen LogP contribution in [0.2, 0.25) is 0 Å². The third-order valence-corrected chi connectivity index (χ3v) is 7.62. The molecule has 3 heteroatoms. The van der Waals surface area contributed by atoms with Crippen LogP contribution >= 0.6 is 0 Å². The zero-order valence-electron chi connectivity index (χ0n) is 18.7. The van der Waals surface area contributed by atoms with E-state index in [9.17, 15) is 15.3 Å². The fourth-order valence-electron chi connectivity index (χ4n) is 6.32. The van der Waals surface area contributed by atoms with Gasteiger partial charge < -0.3 is 15.3 Å². The maximum atomic E-state index is 9.95. The average molecular weight is 401 g/mol. The van der Waals surface area contributed by atoms with Gasteiger partial charge in [-0.1, -0.05) is 43.1 Å². The quantitative estimate of drug-likeness (QED) is 0.599. The summed E-state index contributed by atoms with van der Waals surface area (Å²) in [5, 5.41) is 29.7. The van der Waals surface area contributed by atoms with E-state index in [0.717, 1.165) is 6.42 Å². The van der Waals surface area contributed by atoms with Crippen molar-refractivity contribution >= 4 is 0 Å². The van der Waals surface area contributed by atoms with E-state index >= 15 is 0 Å². The molecule has 0 saturated heterocycles. The summed E-state index contributed by atoms with van der Waals surface area (Å²) in [6.45, 7) is 8.31. The van der Waals surface area contributed by atoms with Gasteiger partial charge in [0.05, 0.1) is 12.2 Å². The summed E-state index contributed by atoms with van der Waals surface area (Å²) < 4.78 is 0. The van der Waals surface area contributed by atoms with Crippen molar-refractivity contribution in [3.05, 3.63) is 23.3 Å². The third-order valence-electron chi connectivity index (χ3n) is 7.62. The molecule has 0 spiro atoms. The van der Waals surface area contributed by atoms with Crippen LogP contribution in [0.5, 0.6) is 0 Å². The topological polar surface area (TPSA) is 60.7 Å². The molecule has 29 heavy (non-hydrogen) atoms. The first-order valence-electron chi connectivity index (χ1n) is 11.6. The van der Waals surface area contributed by atoms with Gasteiger partial charge in [-0.3, -0.25) is 0 Å². The lowest BCUT2D eigenvalue weighted by molar-refractivity contribution is 0.0609. The second-order valence-electron chi connectivity index (χ2n) is 10.7. The first-order chi connectivity index (χ1) is 13.6. The molecule has 0 bridgehead atoms. The normalized spacial score (nSPS) is 37.6. The number of rotatable bonds is 3. The molecule has 0 aromatic rings. The lowest BCUT2D eigenvalue weighted by Gasteiger charge is -2.44. The number of allylic oxidation sites excluding steroid dienone is 3. The molecule has 6 atom stereocenters. The second kappa shape index (κ2) is 8.96. The first kappa shape index (κ1) is 22.6. The van der Waals surface area contributed by atoms with Crippen LogP contribution in [0.4, 0.5) is 0 Å². The molecule has 162 valence electrons. The van der Waals surface area contributed by atoms with Crippen molar-refractivity contribution in [2.24, 2.45) is 23.2 Å². The Bertz CT molecular complexity index is 690. The minimum Gasteiger partial charge on any atom is -0.393 e. The van der Waals surface area contributed by atoms with Crippen molar-refractivity contribution in [3.63, 3.8) is 0 Å². The van der Waals surface area contributed by atoms with Crippen molar-refractivity contribution in [1.29, 1.82) is 0 Å². The Balaban J connectivity index is 1.71. The van der Waals surface area contributed by atoms with E-state index in [1.54, 1.807) is 19.4 Å². The predicted octanol–water partition coefficient (Wildman–Crippen LogP) is 4.76. The van der Waals surface area contributed by atoms with Crippen molar-refractivity contribution in [2.45, 2.75) is 103 Å². The van der Waals surface area contributed by atoms with Gasteiger partial charge in [0.1, 0.15) is 5.60 Å². The van der Waals surface area contributed by atoms with Crippen LogP contribution in [0.25, 0.3) is 0 Å². The molecule has 3 fully saturated rings. The lowest BCUT2D eigenvalue weighted by Crippen LogP contribution is -2.36. The van der Waals surface area contributed by atoms with Crippen LogP contribution in [-0.2, 0) is 0 Å². The SMILES string of the molecule is CC(CC#CC(C)(C)O)C1CCC2/C(=C/C=C3CC(O)CC(O)C3)CCCC21C. The summed E-state index contributed by atoms with van der Waals surface area (Å²) in [6, 6.07) is 0. The first-order valence-corrected chi connectivity index (χ1v) is 11.6. The highest BCUT2D eigenvalue weighted by Crippen LogP contribution is 2.59. The Kier molecular flexibility index (Phi) is 6.99. The van der Waals surface area contributed by atoms with E-state index < -0.39 is 17.8 Å². The standard InChI is InChI=1S/C26H40O3/c1-18(7-5-13-25(2,3)29)23-11-12-24-20(8-6-14-26(23,24)4)10-9-19-15-21(27)17-22(28)16-19/h9-10,18,21-24,27-29H,6-8,11-12,14-17H2,1-4H3/b19-9?,20-10+. The Morgan fingerprint density at radius 2 is 1.86 bits per heavy atom. The number of hydrogen-bond donors (Lipinski definition) is 3. The fourth-order valence-corrected chi connectivity index (χ4v) is 6.32. The Labute approximate surface area is 177 Å². The molecule has 0 amide bonds. The zero-order chi connectivity index (χ0) is 21.2. The van der Waals surface area contributed by atoms with Gasteiger partial charge in [0.15, 0.2) is 0 Å². The van der Waals surface area contributed by atoms with Crippen molar-refractivity contribution in [3.8, 4) is 11.8 Å². The van der Waals surface area contributed by atoms with Gasteiger partial charge in [0, 0.05) is 6.42 Å². The van der Waals surface area contributed by atoms with Crippen LogP contribution in [0.1, 0.15) is 85.5 Å². The zero-order valence-corrected chi connectivity index (χ0v) is 18.7. The summed E-state index contributed by atoms with van der Waals surface area (Å²) in [6.07, 6.45) is 12.7. The Hall–Kier alpha value is -1.08. The fraction of sp³-hybridized carbons (Fsp3) is 0.769. The van der Waals surface area contributed by atoms with Crippen LogP contribution < -0.4 is 0 Å². The molecule has 0 radical (unpaired) electrons. The van der Waals surface area contributed by atoms with E-state index in [0.29, 0.717) is 42.4 Å². The third kappa shape index (κ3) is 5.54. The molecule has 0 aromatic carbocycles. The van der Waals surface area contributed by atoms with E-state index in [1.165, 1.54) is 37.7 Å². The second-order valence-corrected chi connectivity index (χ2v) is 10.7. The maximum Gasteiger partial charge on any atom is 0.119 e. The van der Waals surface area contributed by atoms with E-state index in [-0.39, 0.29) is 0 Å². The van der Waals surface area contributed by atoms with Crippen LogP contribution in [0.3, 0.4) is 0 Å². The number of hydrogen-bond acceptors (Lipinski definition) is 3. The Morgan fingerprint density at radius 1 is 1.17 bits per heavy atom. The van der Waals surface area contributed by atoms with Crippen molar-refractivity contribution in [2.75, 3.05) is 0 Å². The molecule has 3 aliphatic rings. The van der Waals surface area contributed by atoms with Crippen molar-refractivity contribution < 1.29 is 15.3 Å². The molecular formula is C26H40O3. The van der Waals surface area contributed by atoms with Crippen LogP contribution in [-0.4, -0.2) is 33.1 Å². The molecule has 0 heterocycles. The smallest absolute Gasteiger partial charge is 0.119 e. The number of aliphatic hydroxyl groups excluding tert-OH is 2. The molecule has 3 rings (SSSR count). The van der Waals surface area contributed by atoms with E-state index in [1.807, 2.05) is 0 Å². The summed E-state index contributed by atoms with van der Waals surface area (Å²) >= 11 is 0. The van der Waals surface area contributed by atoms with E-state index in [2.05, 4.69) is 37.8 Å². The lowest BCUT2D eigenvalue weighted by atomic mass is 9.61. The van der Waals surface area contributed by atoms with Gasteiger partial charge in [-0.05, 0) is 88.4 Å². The molecule has 3 nitrogen and oxygen atoms in total. The molecule has 3 saturated carbocycles. The van der Waals surface area contributed by atoms with Gasteiger partial charge >= 0.3 is 0 Å². The summed E-state index contributed by atoms with van der Waals surface area (Å²) in [4.78, 5) is 0. The molecule has 3 N–H and O–H groups in total. The molecule has 6 unspecified atom stereocenters. The van der Waals surface area contributed by atoms with Crippen LogP contribution in [0.15, 0.2) is 23.3 Å². The van der Waals surface area contributed by atoms with Crippen molar-refractivity contribution in [1.82, 2.24) is 0 Å². The summed E-state index contributed by atoms with van der Waals surface area (Å²) in [5.41, 5.74) is 2.18. The largest absolute Gasteiger partial charge is 0.393 e. The minimum atomic E-state index is -0.906.